The Morgan fingerprint density at radius 3 is 1.31 bits per heavy atom. The first-order valence-corrected chi connectivity index (χ1v) is 10.2. The summed E-state index contributed by atoms with van der Waals surface area (Å²) in [6.45, 7) is 22.6. The number of rotatable bonds is 6. The van der Waals surface area contributed by atoms with Crippen molar-refractivity contribution in [2.24, 2.45) is 16.2 Å². The highest BCUT2D eigenvalue weighted by atomic mass is 16.5. The summed E-state index contributed by atoms with van der Waals surface area (Å²) >= 11 is 0. The van der Waals surface area contributed by atoms with E-state index in [1.165, 1.54) is 0 Å². The van der Waals surface area contributed by atoms with Gasteiger partial charge in [0.25, 0.3) is 0 Å². The summed E-state index contributed by atoms with van der Waals surface area (Å²) in [7, 11) is 0. The lowest BCUT2D eigenvalue weighted by molar-refractivity contribution is -0.143. The van der Waals surface area contributed by atoms with Crippen LogP contribution in [-0.4, -0.2) is 29.4 Å². The summed E-state index contributed by atoms with van der Waals surface area (Å²) < 4.78 is 4.80. The van der Waals surface area contributed by atoms with E-state index < -0.39 is 5.97 Å². The van der Waals surface area contributed by atoms with Gasteiger partial charge in [-0.3, -0.25) is 9.59 Å². The van der Waals surface area contributed by atoms with E-state index in [1.54, 1.807) is 6.92 Å². The Morgan fingerprint density at radius 2 is 1.14 bits per heavy atom. The SMILES string of the molecule is C.CC(=O)CC(C)(C)C.CC(C)(C)CCC(=O)O.CCOC(=O)CCC(C)(C)C. The molecule has 176 valence electrons. The van der Waals surface area contributed by atoms with Crippen molar-refractivity contribution in [1.82, 2.24) is 0 Å². The minimum Gasteiger partial charge on any atom is -0.481 e. The van der Waals surface area contributed by atoms with Crippen molar-refractivity contribution in [2.75, 3.05) is 6.61 Å². The number of hydrogen-bond donors (Lipinski definition) is 1. The van der Waals surface area contributed by atoms with Crippen LogP contribution in [-0.2, 0) is 19.1 Å². The summed E-state index contributed by atoms with van der Waals surface area (Å²) in [5.41, 5.74) is 0.553. The zero-order valence-corrected chi connectivity index (χ0v) is 20.3. The maximum Gasteiger partial charge on any atom is 0.305 e. The molecule has 0 aliphatic carbocycles. The van der Waals surface area contributed by atoms with Crippen LogP contribution in [0.5, 0.6) is 0 Å². The maximum absolute atomic E-state index is 10.9. The third-order valence-electron chi connectivity index (χ3n) is 3.25. The van der Waals surface area contributed by atoms with Crippen molar-refractivity contribution in [3.63, 3.8) is 0 Å². The van der Waals surface area contributed by atoms with E-state index in [0.717, 1.165) is 12.8 Å². The Balaban J connectivity index is -0.000000161. The van der Waals surface area contributed by atoms with Gasteiger partial charge in [0.05, 0.1) is 6.61 Å². The molecule has 0 saturated carbocycles. The second-order valence-corrected chi connectivity index (χ2v) is 10.8. The fraction of sp³-hybridized carbons (Fsp3) is 0.875. The van der Waals surface area contributed by atoms with Crippen LogP contribution in [0.2, 0.25) is 0 Å². The van der Waals surface area contributed by atoms with Crippen LogP contribution < -0.4 is 0 Å². The van der Waals surface area contributed by atoms with Crippen molar-refractivity contribution in [2.45, 2.75) is 116 Å². The highest BCUT2D eigenvalue weighted by molar-refractivity contribution is 5.76. The van der Waals surface area contributed by atoms with Gasteiger partial charge in [-0.05, 0) is 42.9 Å². The van der Waals surface area contributed by atoms with Crippen LogP contribution in [0.15, 0.2) is 0 Å². The van der Waals surface area contributed by atoms with Gasteiger partial charge in [-0.25, -0.2) is 0 Å². The number of esters is 1. The molecule has 0 aliphatic heterocycles. The molecule has 0 fully saturated rings. The van der Waals surface area contributed by atoms with Gasteiger partial charge in [0, 0.05) is 19.3 Å². The van der Waals surface area contributed by atoms with Crippen LogP contribution in [0.3, 0.4) is 0 Å². The lowest BCUT2D eigenvalue weighted by Gasteiger charge is -2.16. The number of ether oxygens (including phenoxy) is 1. The molecule has 0 aromatic rings. The van der Waals surface area contributed by atoms with Crippen molar-refractivity contribution in [1.29, 1.82) is 0 Å². The number of carbonyl (C=O) groups excluding carboxylic acids is 2. The minimum absolute atomic E-state index is 0. The average Bonchev–Trinajstić information content (AvgIpc) is 2.40. The Labute approximate surface area is 181 Å². The number of hydrogen-bond acceptors (Lipinski definition) is 4. The molecule has 0 spiro atoms. The number of ketones is 1. The Bertz CT molecular complexity index is 445. The lowest BCUT2D eigenvalue weighted by atomic mass is 9.90. The first-order chi connectivity index (χ1) is 12.3. The standard InChI is InChI=1S/C9H18O2.C7H14O2.C7H14O.CH4/c1-5-11-8(10)6-7-9(2,3)4;1-7(2,3)5-4-6(8)9;1-6(8)5-7(2,3)4;/h5-7H2,1-4H3;4-5H2,1-3H3,(H,8,9);5H2,1-4H3;1H4. The molecule has 0 radical (unpaired) electrons. The molecule has 0 atom stereocenters. The predicted molar refractivity (Wildman–Crippen MR) is 123 cm³/mol. The highest BCUT2D eigenvalue weighted by Crippen LogP contribution is 2.21. The number of carboxylic acid groups (broad SMARTS) is 1. The van der Waals surface area contributed by atoms with Crippen molar-refractivity contribution >= 4 is 17.7 Å². The Hall–Kier alpha value is -1.39. The lowest BCUT2D eigenvalue weighted by Crippen LogP contribution is -2.10. The predicted octanol–water partition coefficient (Wildman–Crippen LogP) is 6.92. The third-order valence-corrected chi connectivity index (χ3v) is 3.25. The molecule has 0 aliphatic rings. The van der Waals surface area contributed by atoms with E-state index in [-0.39, 0.29) is 41.8 Å². The summed E-state index contributed by atoms with van der Waals surface area (Å²) in [5.74, 6) is -0.509. The van der Waals surface area contributed by atoms with E-state index in [2.05, 4.69) is 41.5 Å². The Kier molecular flexibility index (Phi) is 19.8. The molecule has 5 nitrogen and oxygen atoms in total. The molecule has 0 aromatic carbocycles. The molecule has 0 rings (SSSR count). The van der Waals surface area contributed by atoms with Gasteiger partial charge in [-0.2, -0.15) is 0 Å². The van der Waals surface area contributed by atoms with Gasteiger partial charge in [-0.1, -0.05) is 69.7 Å². The molecule has 5 heteroatoms. The highest BCUT2D eigenvalue weighted by Gasteiger charge is 2.13. The third kappa shape index (κ3) is 46.5. The molecule has 0 unspecified atom stereocenters. The van der Waals surface area contributed by atoms with E-state index in [1.807, 2.05) is 27.7 Å². The van der Waals surface area contributed by atoms with E-state index >= 15 is 0 Å². The van der Waals surface area contributed by atoms with Crippen LogP contribution in [0, 0.1) is 16.2 Å². The second-order valence-electron chi connectivity index (χ2n) is 10.8. The minimum atomic E-state index is -0.704. The topological polar surface area (TPSA) is 80.7 Å². The van der Waals surface area contributed by atoms with Gasteiger partial charge < -0.3 is 14.6 Å². The molecule has 0 bridgehead atoms. The van der Waals surface area contributed by atoms with Crippen LogP contribution in [0.25, 0.3) is 0 Å². The van der Waals surface area contributed by atoms with Crippen molar-refractivity contribution < 1.29 is 24.2 Å². The van der Waals surface area contributed by atoms with Crippen molar-refractivity contribution in [3.05, 3.63) is 0 Å². The maximum atomic E-state index is 10.9. The number of carbonyl (C=O) groups is 3. The van der Waals surface area contributed by atoms with E-state index in [0.29, 0.717) is 19.4 Å². The normalized spacial score (nSPS) is 11.0. The molecule has 0 heterocycles. The second kappa shape index (κ2) is 16.4. The van der Waals surface area contributed by atoms with Crippen molar-refractivity contribution in [3.8, 4) is 0 Å². The quantitative estimate of drug-likeness (QED) is 0.473. The zero-order valence-electron chi connectivity index (χ0n) is 20.3. The summed E-state index contributed by atoms with van der Waals surface area (Å²) in [5, 5.41) is 8.28. The molecule has 0 amide bonds. The van der Waals surface area contributed by atoms with Crippen LogP contribution >= 0.6 is 0 Å². The van der Waals surface area contributed by atoms with Gasteiger partial charge in [0.15, 0.2) is 0 Å². The van der Waals surface area contributed by atoms with Crippen LogP contribution in [0.1, 0.15) is 116 Å². The zero-order chi connectivity index (χ0) is 23.2. The van der Waals surface area contributed by atoms with E-state index in [9.17, 15) is 14.4 Å². The largest absolute Gasteiger partial charge is 0.481 e. The molecule has 0 aromatic heterocycles. The molecule has 1 N–H and O–H groups in total. The smallest absolute Gasteiger partial charge is 0.305 e. The molecular weight excluding hydrogens is 368 g/mol. The fourth-order valence-electron chi connectivity index (χ4n) is 1.94. The fourth-order valence-corrected chi connectivity index (χ4v) is 1.94. The first kappa shape index (κ1) is 35.1. The van der Waals surface area contributed by atoms with Gasteiger partial charge in [0.2, 0.25) is 0 Å². The van der Waals surface area contributed by atoms with E-state index in [4.69, 9.17) is 9.84 Å². The average molecular weight is 419 g/mol. The molecular formula is C24H50O5. The van der Waals surface area contributed by atoms with Crippen LogP contribution in [0.4, 0.5) is 0 Å². The molecule has 0 saturated heterocycles. The Morgan fingerprint density at radius 1 is 0.759 bits per heavy atom. The monoisotopic (exact) mass is 418 g/mol. The first-order valence-electron chi connectivity index (χ1n) is 10.2. The number of aliphatic carboxylic acids is 1. The summed E-state index contributed by atoms with van der Waals surface area (Å²) in [4.78, 5) is 31.4. The summed E-state index contributed by atoms with van der Waals surface area (Å²) in [6, 6.07) is 0. The number of Topliss-reactive ketones (excluding diaryl/α,β-unsaturated/α-hetero) is 1. The van der Waals surface area contributed by atoms with Gasteiger partial charge in [-0.15, -0.1) is 0 Å². The molecule has 29 heavy (non-hydrogen) atoms. The van der Waals surface area contributed by atoms with Gasteiger partial charge >= 0.3 is 11.9 Å². The summed E-state index contributed by atoms with van der Waals surface area (Å²) in [6.07, 6.45) is 3.15. The number of carboxylic acids is 1. The van der Waals surface area contributed by atoms with Gasteiger partial charge in [0.1, 0.15) is 5.78 Å².